The van der Waals surface area contributed by atoms with E-state index in [2.05, 4.69) is 83.5 Å². The van der Waals surface area contributed by atoms with E-state index in [0.29, 0.717) is 13.2 Å². The highest BCUT2D eigenvalue weighted by molar-refractivity contribution is 7.17. The molecule has 154 valence electrons. The zero-order chi connectivity index (χ0) is 21.0. The Hall–Kier alpha value is -3.37. The van der Waals surface area contributed by atoms with Crippen LogP contribution in [0.2, 0.25) is 0 Å². The molecule has 3 aromatic carbocycles. The molecule has 0 spiro atoms. The summed E-state index contributed by atoms with van der Waals surface area (Å²) in [6, 6.07) is 25.2. The summed E-state index contributed by atoms with van der Waals surface area (Å²) in [4.78, 5) is 12.2. The first-order chi connectivity index (χ1) is 15.3. The van der Waals surface area contributed by atoms with E-state index in [4.69, 9.17) is 4.74 Å². The number of benzene rings is 3. The molecular weight excluding hydrogens is 402 g/mol. The van der Waals surface area contributed by atoms with Gasteiger partial charge in [0.2, 0.25) is 0 Å². The van der Waals surface area contributed by atoms with Crippen LogP contribution in [0.5, 0.6) is 0 Å². The van der Waals surface area contributed by atoms with Gasteiger partial charge in [-0.2, -0.15) is 0 Å². The fourth-order valence-electron chi connectivity index (χ4n) is 4.26. The number of nitrogens with one attached hydrogen (secondary N) is 1. The fraction of sp³-hybridized carbons (Fsp3) is 0.148. The number of fused-ring (bicyclic) bond motifs is 4. The van der Waals surface area contributed by atoms with E-state index in [1.165, 1.54) is 37.9 Å². The van der Waals surface area contributed by atoms with Crippen molar-refractivity contribution in [3.05, 3.63) is 101 Å². The number of thiophene rings is 1. The van der Waals surface area contributed by atoms with Crippen molar-refractivity contribution in [2.75, 3.05) is 13.2 Å². The third-order valence-electron chi connectivity index (χ3n) is 5.73. The second-order valence-electron chi connectivity index (χ2n) is 7.63. The van der Waals surface area contributed by atoms with Gasteiger partial charge in [0.05, 0.1) is 0 Å². The van der Waals surface area contributed by atoms with Gasteiger partial charge < -0.3 is 10.1 Å². The van der Waals surface area contributed by atoms with E-state index in [-0.39, 0.29) is 12.0 Å². The van der Waals surface area contributed by atoms with Gasteiger partial charge in [0.25, 0.3) is 0 Å². The molecule has 4 aromatic rings. The summed E-state index contributed by atoms with van der Waals surface area (Å²) in [6.45, 7) is 0.893. The van der Waals surface area contributed by atoms with Gasteiger partial charge in [0, 0.05) is 17.2 Å². The van der Waals surface area contributed by atoms with Crippen molar-refractivity contribution >= 4 is 33.6 Å². The third-order valence-corrected chi connectivity index (χ3v) is 6.71. The highest BCUT2D eigenvalue weighted by Gasteiger charge is 2.28. The summed E-state index contributed by atoms with van der Waals surface area (Å²) in [5, 5.41) is 6.24. The lowest BCUT2D eigenvalue weighted by molar-refractivity contribution is 0.143. The molecule has 3 nitrogen and oxygen atoms in total. The molecule has 0 fully saturated rings. The van der Waals surface area contributed by atoms with Crippen molar-refractivity contribution in [3.63, 3.8) is 0 Å². The number of hydrogen-bond donors (Lipinski definition) is 1. The van der Waals surface area contributed by atoms with Crippen molar-refractivity contribution in [2.45, 2.75) is 12.3 Å². The number of carbonyl (C=O) groups excluding carboxylic acids is 1. The predicted molar refractivity (Wildman–Crippen MR) is 129 cm³/mol. The second kappa shape index (κ2) is 8.78. The van der Waals surface area contributed by atoms with Gasteiger partial charge in [-0.1, -0.05) is 78.9 Å². The molecule has 4 heteroatoms. The Bertz CT molecular complexity index is 1210. The SMILES string of the molecule is O=C(NCCC=Cc1cccc2ccsc12)OCC1c2ccccc2-c2ccccc21. The van der Waals surface area contributed by atoms with Crippen LogP contribution in [0.4, 0.5) is 4.79 Å². The average Bonchev–Trinajstić information content (AvgIpc) is 3.41. The molecule has 1 aromatic heterocycles. The number of carbonyl (C=O) groups is 1. The number of hydrogen-bond acceptors (Lipinski definition) is 3. The molecule has 0 bridgehead atoms. The quantitative estimate of drug-likeness (QED) is 0.343. The van der Waals surface area contributed by atoms with Crippen LogP contribution in [-0.2, 0) is 4.74 Å². The molecule has 1 N–H and O–H groups in total. The Morgan fingerprint density at radius 2 is 1.68 bits per heavy atom. The van der Waals surface area contributed by atoms with Gasteiger partial charge in [0.15, 0.2) is 0 Å². The van der Waals surface area contributed by atoms with E-state index in [1.54, 1.807) is 11.3 Å². The molecule has 5 rings (SSSR count). The summed E-state index contributed by atoms with van der Waals surface area (Å²) in [7, 11) is 0. The van der Waals surface area contributed by atoms with E-state index in [1.807, 2.05) is 12.1 Å². The molecule has 0 radical (unpaired) electrons. The second-order valence-corrected chi connectivity index (χ2v) is 8.55. The van der Waals surface area contributed by atoms with Crippen LogP contribution in [0.1, 0.15) is 29.0 Å². The van der Waals surface area contributed by atoms with Gasteiger partial charge >= 0.3 is 6.09 Å². The summed E-state index contributed by atoms with van der Waals surface area (Å²) in [5.74, 6) is 0.0873. The van der Waals surface area contributed by atoms with Crippen LogP contribution < -0.4 is 5.32 Å². The lowest BCUT2D eigenvalue weighted by Crippen LogP contribution is -2.26. The molecule has 0 saturated carbocycles. The molecule has 0 aliphatic heterocycles. The van der Waals surface area contributed by atoms with Gasteiger partial charge in [-0.3, -0.25) is 0 Å². The van der Waals surface area contributed by atoms with E-state index < -0.39 is 0 Å². The monoisotopic (exact) mass is 425 g/mol. The van der Waals surface area contributed by atoms with Crippen LogP contribution in [-0.4, -0.2) is 19.2 Å². The Morgan fingerprint density at radius 1 is 0.935 bits per heavy atom. The topological polar surface area (TPSA) is 38.3 Å². The van der Waals surface area contributed by atoms with Crippen molar-refractivity contribution in [2.24, 2.45) is 0 Å². The fourth-order valence-corrected chi connectivity index (χ4v) is 5.16. The summed E-state index contributed by atoms with van der Waals surface area (Å²) >= 11 is 1.75. The zero-order valence-corrected chi connectivity index (χ0v) is 17.9. The van der Waals surface area contributed by atoms with Gasteiger partial charge in [-0.25, -0.2) is 4.79 Å². The summed E-state index contributed by atoms with van der Waals surface area (Å²) in [5.41, 5.74) is 6.13. The Labute approximate surface area is 186 Å². The van der Waals surface area contributed by atoms with Crippen molar-refractivity contribution in [1.29, 1.82) is 0 Å². The van der Waals surface area contributed by atoms with Crippen LogP contribution in [0, 0.1) is 0 Å². The number of rotatable bonds is 6. The molecule has 1 heterocycles. The molecule has 0 saturated heterocycles. The Morgan fingerprint density at radius 3 is 2.45 bits per heavy atom. The highest BCUT2D eigenvalue weighted by Crippen LogP contribution is 2.44. The lowest BCUT2D eigenvalue weighted by Gasteiger charge is -2.14. The lowest BCUT2D eigenvalue weighted by atomic mass is 9.98. The van der Waals surface area contributed by atoms with Crippen LogP contribution in [0.15, 0.2) is 84.3 Å². The maximum Gasteiger partial charge on any atom is 0.407 e. The molecule has 0 atom stereocenters. The van der Waals surface area contributed by atoms with Gasteiger partial charge in [-0.15, -0.1) is 11.3 Å². The van der Waals surface area contributed by atoms with Crippen molar-refractivity contribution < 1.29 is 9.53 Å². The maximum absolute atomic E-state index is 12.2. The molecule has 31 heavy (non-hydrogen) atoms. The standard InChI is InChI=1S/C27H23NO2S/c29-27(28-16-6-5-8-19-9-7-10-20-15-17-31-26(19)20)30-18-25-23-13-3-1-11-21(23)22-12-2-4-14-24(22)25/h1-5,7-15,17,25H,6,16,18H2,(H,28,29). The maximum atomic E-state index is 12.2. The summed E-state index contributed by atoms with van der Waals surface area (Å²) < 4.78 is 6.87. The number of amides is 1. The van der Waals surface area contributed by atoms with Crippen LogP contribution in [0.3, 0.4) is 0 Å². The Balaban J connectivity index is 1.14. The molecular formula is C27H23NO2S. The normalized spacial score (nSPS) is 12.8. The minimum Gasteiger partial charge on any atom is -0.449 e. The van der Waals surface area contributed by atoms with Crippen LogP contribution in [0.25, 0.3) is 27.3 Å². The first-order valence-corrected chi connectivity index (χ1v) is 11.4. The zero-order valence-electron chi connectivity index (χ0n) is 17.1. The molecule has 1 aliphatic carbocycles. The minimum atomic E-state index is -0.365. The minimum absolute atomic E-state index is 0.0873. The van der Waals surface area contributed by atoms with Crippen LogP contribution >= 0.6 is 11.3 Å². The predicted octanol–water partition coefficient (Wildman–Crippen LogP) is 6.84. The summed E-state index contributed by atoms with van der Waals surface area (Å²) in [6.07, 6.45) is 4.61. The number of ether oxygens (including phenoxy) is 1. The number of alkyl carbamates (subject to hydrolysis) is 1. The first kappa shape index (κ1) is 19.6. The van der Waals surface area contributed by atoms with Crippen molar-refractivity contribution in [1.82, 2.24) is 5.32 Å². The smallest absolute Gasteiger partial charge is 0.407 e. The van der Waals surface area contributed by atoms with Gasteiger partial charge in [0.1, 0.15) is 6.61 Å². The molecule has 0 unspecified atom stereocenters. The molecule has 1 aliphatic rings. The molecule has 1 amide bonds. The van der Waals surface area contributed by atoms with Crippen molar-refractivity contribution in [3.8, 4) is 11.1 Å². The largest absolute Gasteiger partial charge is 0.449 e. The van der Waals surface area contributed by atoms with E-state index in [0.717, 1.165) is 6.42 Å². The van der Waals surface area contributed by atoms with E-state index in [9.17, 15) is 4.79 Å². The van der Waals surface area contributed by atoms with Gasteiger partial charge in [-0.05, 0) is 51.1 Å². The Kier molecular flexibility index (Phi) is 5.55. The first-order valence-electron chi connectivity index (χ1n) is 10.5. The third kappa shape index (κ3) is 3.99. The average molecular weight is 426 g/mol. The van der Waals surface area contributed by atoms with E-state index >= 15 is 0 Å². The highest BCUT2D eigenvalue weighted by atomic mass is 32.1.